The number of rotatable bonds is 10. The van der Waals surface area contributed by atoms with E-state index >= 15 is 0 Å². The molecule has 9 nitrogen and oxygen atoms in total. The Bertz CT molecular complexity index is 999. The lowest BCUT2D eigenvalue weighted by Gasteiger charge is -2.08. The third-order valence-electron chi connectivity index (χ3n) is 4.23. The number of nitrogens with one attached hydrogen (secondary N) is 2. The Hall–Kier alpha value is -3.85. The zero-order chi connectivity index (χ0) is 22.1. The Morgan fingerprint density at radius 2 is 1.68 bits per heavy atom. The zero-order valence-corrected chi connectivity index (χ0v) is 17.2. The second kappa shape index (κ2) is 10.8. The SMILES string of the molecule is COCCNC(=O)c1cc(COc2ccc(NC(=O)c3ccc(OC)cc3)cc2)on1. The van der Waals surface area contributed by atoms with Crippen LogP contribution in [0, 0.1) is 0 Å². The Morgan fingerprint density at radius 3 is 2.35 bits per heavy atom. The van der Waals surface area contributed by atoms with Gasteiger partial charge in [-0.15, -0.1) is 0 Å². The average Bonchev–Trinajstić information content (AvgIpc) is 3.28. The summed E-state index contributed by atoms with van der Waals surface area (Å²) in [5, 5.41) is 9.20. The van der Waals surface area contributed by atoms with Crippen LogP contribution in [0.2, 0.25) is 0 Å². The van der Waals surface area contributed by atoms with Gasteiger partial charge in [0.1, 0.15) is 18.1 Å². The maximum Gasteiger partial charge on any atom is 0.273 e. The summed E-state index contributed by atoms with van der Waals surface area (Å²) in [4.78, 5) is 24.2. The highest BCUT2D eigenvalue weighted by molar-refractivity contribution is 6.04. The van der Waals surface area contributed by atoms with Gasteiger partial charge >= 0.3 is 0 Å². The molecule has 0 saturated heterocycles. The minimum atomic E-state index is -0.344. The van der Waals surface area contributed by atoms with E-state index in [-0.39, 0.29) is 24.1 Å². The molecule has 0 spiro atoms. The number of benzene rings is 2. The Morgan fingerprint density at radius 1 is 0.968 bits per heavy atom. The van der Waals surface area contributed by atoms with Gasteiger partial charge in [-0.25, -0.2) is 0 Å². The van der Waals surface area contributed by atoms with E-state index in [0.717, 1.165) is 0 Å². The van der Waals surface area contributed by atoms with Crippen molar-refractivity contribution in [2.24, 2.45) is 0 Å². The van der Waals surface area contributed by atoms with Gasteiger partial charge in [-0.1, -0.05) is 5.16 Å². The summed E-state index contributed by atoms with van der Waals surface area (Å²) in [6, 6.07) is 15.2. The monoisotopic (exact) mass is 425 g/mol. The molecule has 0 fully saturated rings. The molecule has 0 aliphatic heterocycles. The summed E-state index contributed by atoms with van der Waals surface area (Å²) in [6.07, 6.45) is 0. The van der Waals surface area contributed by atoms with Gasteiger partial charge in [0.25, 0.3) is 11.8 Å². The van der Waals surface area contributed by atoms with Crippen molar-refractivity contribution in [2.45, 2.75) is 6.61 Å². The third kappa shape index (κ3) is 6.31. The quantitative estimate of drug-likeness (QED) is 0.480. The lowest BCUT2D eigenvalue weighted by molar-refractivity contribution is 0.0927. The lowest BCUT2D eigenvalue weighted by atomic mass is 10.2. The van der Waals surface area contributed by atoms with Gasteiger partial charge in [0.05, 0.1) is 13.7 Å². The molecule has 2 aromatic carbocycles. The van der Waals surface area contributed by atoms with Gasteiger partial charge in [-0.3, -0.25) is 9.59 Å². The fourth-order valence-corrected chi connectivity index (χ4v) is 2.58. The number of anilines is 1. The van der Waals surface area contributed by atoms with E-state index in [9.17, 15) is 9.59 Å². The van der Waals surface area contributed by atoms with Crippen LogP contribution in [0.4, 0.5) is 5.69 Å². The molecule has 1 heterocycles. The first-order chi connectivity index (χ1) is 15.1. The van der Waals surface area contributed by atoms with Gasteiger partial charge in [-0.05, 0) is 48.5 Å². The minimum Gasteiger partial charge on any atom is -0.497 e. The average molecular weight is 425 g/mol. The molecule has 0 atom stereocenters. The second-order valence-corrected chi connectivity index (χ2v) is 6.42. The standard InChI is InChI=1S/C22H23N3O6/c1-28-12-11-23-22(27)20-13-19(31-25-20)14-30-18-9-5-16(6-10-18)24-21(26)15-3-7-17(29-2)8-4-15/h3-10,13H,11-12,14H2,1-2H3,(H,23,27)(H,24,26). The minimum absolute atomic E-state index is 0.107. The van der Waals surface area contributed by atoms with Gasteiger partial charge in [-0.2, -0.15) is 0 Å². The van der Waals surface area contributed by atoms with Crippen LogP contribution in [0.15, 0.2) is 59.1 Å². The summed E-state index contributed by atoms with van der Waals surface area (Å²) < 4.78 is 20.7. The van der Waals surface area contributed by atoms with Crippen LogP contribution in [0.25, 0.3) is 0 Å². The first kappa shape index (κ1) is 21.8. The van der Waals surface area contributed by atoms with Gasteiger partial charge < -0.3 is 29.4 Å². The fourth-order valence-electron chi connectivity index (χ4n) is 2.58. The highest BCUT2D eigenvalue weighted by Gasteiger charge is 2.12. The Labute approximate surface area is 179 Å². The van der Waals surface area contributed by atoms with Crippen molar-refractivity contribution in [3.8, 4) is 11.5 Å². The molecule has 1 aromatic heterocycles. The van der Waals surface area contributed by atoms with Crippen molar-refractivity contribution in [1.29, 1.82) is 0 Å². The van der Waals surface area contributed by atoms with Crippen molar-refractivity contribution in [1.82, 2.24) is 10.5 Å². The first-order valence-electron chi connectivity index (χ1n) is 9.50. The van der Waals surface area contributed by atoms with Crippen LogP contribution >= 0.6 is 0 Å². The molecule has 0 saturated carbocycles. The Kier molecular flexibility index (Phi) is 7.61. The molecule has 0 aliphatic rings. The van der Waals surface area contributed by atoms with E-state index in [1.54, 1.807) is 62.8 Å². The zero-order valence-electron chi connectivity index (χ0n) is 17.2. The maximum atomic E-state index is 12.3. The first-order valence-corrected chi connectivity index (χ1v) is 9.50. The number of hydrogen-bond donors (Lipinski definition) is 2. The summed E-state index contributed by atoms with van der Waals surface area (Å²) in [7, 11) is 3.13. The van der Waals surface area contributed by atoms with Gasteiger partial charge in [0.2, 0.25) is 0 Å². The second-order valence-electron chi connectivity index (χ2n) is 6.42. The highest BCUT2D eigenvalue weighted by Crippen LogP contribution is 2.19. The molecule has 0 aliphatic carbocycles. The normalized spacial score (nSPS) is 10.4. The molecule has 0 bridgehead atoms. The predicted octanol–water partition coefficient (Wildman–Crippen LogP) is 2.89. The van der Waals surface area contributed by atoms with Gasteiger partial charge in [0.15, 0.2) is 11.5 Å². The maximum absolute atomic E-state index is 12.3. The fraction of sp³-hybridized carbons (Fsp3) is 0.227. The summed E-state index contributed by atoms with van der Waals surface area (Å²) in [5.41, 5.74) is 1.32. The number of carbonyl (C=O) groups excluding carboxylic acids is 2. The number of ether oxygens (including phenoxy) is 3. The van der Waals surface area contributed by atoms with Crippen LogP contribution in [0.5, 0.6) is 11.5 Å². The molecular formula is C22H23N3O6. The highest BCUT2D eigenvalue weighted by atomic mass is 16.5. The van der Waals surface area contributed by atoms with E-state index in [1.165, 1.54) is 6.07 Å². The third-order valence-corrected chi connectivity index (χ3v) is 4.23. The van der Waals surface area contributed by atoms with Crippen molar-refractivity contribution in [3.63, 3.8) is 0 Å². The van der Waals surface area contributed by atoms with Crippen molar-refractivity contribution in [3.05, 3.63) is 71.6 Å². The van der Waals surface area contributed by atoms with Crippen molar-refractivity contribution in [2.75, 3.05) is 32.7 Å². The Balaban J connectivity index is 1.49. The lowest BCUT2D eigenvalue weighted by Crippen LogP contribution is -2.27. The molecule has 2 N–H and O–H groups in total. The largest absolute Gasteiger partial charge is 0.497 e. The van der Waals surface area contributed by atoms with E-state index in [2.05, 4.69) is 15.8 Å². The number of carbonyl (C=O) groups is 2. The van der Waals surface area contributed by atoms with Crippen molar-refractivity contribution >= 4 is 17.5 Å². The van der Waals surface area contributed by atoms with E-state index in [1.807, 2.05) is 0 Å². The van der Waals surface area contributed by atoms with Crippen LogP contribution < -0.4 is 20.1 Å². The molecule has 3 rings (SSSR count). The van der Waals surface area contributed by atoms with E-state index in [4.69, 9.17) is 18.7 Å². The number of hydrogen-bond acceptors (Lipinski definition) is 7. The molecule has 0 unspecified atom stereocenters. The molecule has 162 valence electrons. The predicted molar refractivity (Wildman–Crippen MR) is 112 cm³/mol. The van der Waals surface area contributed by atoms with E-state index in [0.29, 0.717) is 41.7 Å². The number of methoxy groups -OCH3 is 2. The number of aromatic nitrogens is 1. The topological polar surface area (TPSA) is 112 Å². The molecule has 3 aromatic rings. The summed E-state index contributed by atoms with van der Waals surface area (Å²) in [6.45, 7) is 0.904. The summed E-state index contributed by atoms with van der Waals surface area (Å²) >= 11 is 0. The van der Waals surface area contributed by atoms with Crippen LogP contribution in [0.1, 0.15) is 26.6 Å². The number of nitrogens with zero attached hydrogens (tertiary/aromatic N) is 1. The van der Waals surface area contributed by atoms with Gasteiger partial charge in [0, 0.05) is 31.0 Å². The number of amides is 2. The molecule has 0 radical (unpaired) electrons. The van der Waals surface area contributed by atoms with Crippen LogP contribution in [-0.2, 0) is 11.3 Å². The van der Waals surface area contributed by atoms with Crippen LogP contribution in [-0.4, -0.2) is 44.3 Å². The van der Waals surface area contributed by atoms with E-state index < -0.39 is 0 Å². The molecular weight excluding hydrogens is 402 g/mol. The smallest absolute Gasteiger partial charge is 0.273 e. The molecule has 31 heavy (non-hydrogen) atoms. The molecule has 2 amide bonds. The summed E-state index contributed by atoms with van der Waals surface area (Å²) in [5.74, 6) is 1.10. The molecule has 9 heteroatoms. The van der Waals surface area contributed by atoms with Crippen molar-refractivity contribution < 1.29 is 28.3 Å². The van der Waals surface area contributed by atoms with Crippen LogP contribution in [0.3, 0.4) is 0 Å².